The van der Waals surface area contributed by atoms with Crippen molar-refractivity contribution in [3.8, 4) is 6.07 Å². The minimum atomic E-state index is 0.348. The molecule has 1 aromatic rings. The summed E-state index contributed by atoms with van der Waals surface area (Å²) in [5, 5.41) is 11.8. The summed E-state index contributed by atoms with van der Waals surface area (Å²) in [7, 11) is 0. The van der Waals surface area contributed by atoms with Crippen molar-refractivity contribution in [2.75, 3.05) is 5.32 Å². The summed E-state index contributed by atoms with van der Waals surface area (Å²) in [5.74, 6) is 1.45. The monoisotopic (exact) mass is 218 g/mol. The molecule has 0 aromatic carbocycles. The fourth-order valence-corrected chi connectivity index (χ4v) is 1.37. The Labute approximate surface area is 96.7 Å². The van der Waals surface area contributed by atoms with Gasteiger partial charge in [0.05, 0.1) is 12.4 Å². The minimum Gasteiger partial charge on any atom is -0.366 e. The zero-order valence-corrected chi connectivity index (χ0v) is 10.1. The van der Waals surface area contributed by atoms with Gasteiger partial charge >= 0.3 is 0 Å². The van der Waals surface area contributed by atoms with Crippen LogP contribution >= 0.6 is 0 Å². The van der Waals surface area contributed by atoms with E-state index in [2.05, 4.69) is 36.1 Å². The molecule has 0 spiro atoms. The quantitative estimate of drug-likeness (QED) is 0.825. The van der Waals surface area contributed by atoms with Crippen LogP contribution in [0.15, 0.2) is 12.4 Å². The van der Waals surface area contributed by atoms with Gasteiger partial charge in [0.25, 0.3) is 0 Å². The number of hydrogen-bond acceptors (Lipinski definition) is 4. The van der Waals surface area contributed by atoms with Crippen LogP contribution in [0.2, 0.25) is 0 Å². The highest BCUT2D eigenvalue weighted by Gasteiger charge is 2.04. The molecule has 1 N–H and O–H groups in total. The number of nitrogens with zero attached hydrogens (tertiary/aromatic N) is 3. The van der Waals surface area contributed by atoms with Crippen LogP contribution in [0.1, 0.15) is 39.3 Å². The third kappa shape index (κ3) is 4.26. The van der Waals surface area contributed by atoms with Gasteiger partial charge in [-0.15, -0.1) is 0 Å². The van der Waals surface area contributed by atoms with Crippen LogP contribution in [-0.4, -0.2) is 16.0 Å². The molecule has 1 unspecified atom stereocenters. The first kappa shape index (κ1) is 12.4. The van der Waals surface area contributed by atoms with Crippen LogP contribution in [0.3, 0.4) is 0 Å². The van der Waals surface area contributed by atoms with Gasteiger partial charge in [-0.2, -0.15) is 5.26 Å². The first-order chi connectivity index (χ1) is 7.61. The maximum atomic E-state index is 8.58. The summed E-state index contributed by atoms with van der Waals surface area (Å²) < 4.78 is 0. The Balaban J connectivity index is 2.44. The van der Waals surface area contributed by atoms with E-state index in [0.29, 0.717) is 11.7 Å². The predicted molar refractivity (Wildman–Crippen MR) is 63.9 cm³/mol. The lowest BCUT2D eigenvalue weighted by molar-refractivity contribution is 0.527. The fourth-order valence-electron chi connectivity index (χ4n) is 1.37. The molecular weight excluding hydrogens is 200 g/mol. The van der Waals surface area contributed by atoms with E-state index in [0.717, 1.165) is 18.2 Å². The smallest absolute Gasteiger partial charge is 0.158 e. The fraction of sp³-hybridized carbons (Fsp3) is 0.583. The molecule has 16 heavy (non-hydrogen) atoms. The number of anilines is 1. The van der Waals surface area contributed by atoms with Crippen molar-refractivity contribution >= 4 is 5.82 Å². The van der Waals surface area contributed by atoms with Crippen molar-refractivity contribution in [3.05, 3.63) is 18.1 Å². The zero-order chi connectivity index (χ0) is 12.0. The molecule has 0 aliphatic heterocycles. The summed E-state index contributed by atoms with van der Waals surface area (Å²) in [6.07, 6.45) is 5.39. The van der Waals surface area contributed by atoms with E-state index < -0.39 is 0 Å². The third-order valence-electron chi connectivity index (χ3n) is 2.34. The molecule has 4 heteroatoms. The summed E-state index contributed by atoms with van der Waals surface area (Å²) in [6.45, 7) is 6.56. The molecular formula is C12H18N4. The molecule has 0 saturated carbocycles. The highest BCUT2D eigenvalue weighted by atomic mass is 15.0. The average Bonchev–Trinajstić information content (AvgIpc) is 2.27. The van der Waals surface area contributed by atoms with Crippen molar-refractivity contribution < 1.29 is 0 Å². The van der Waals surface area contributed by atoms with Crippen LogP contribution in [-0.2, 0) is 0 Å². The second kappa shape index (κ2) is 6.06. The van der Waals surface area contributed by atoms with Crippen LogP contribution < -0.4 is 5.32 Å². The van der Waals surface area contributed by atoms with E-state index in [1.807, 2.05) is 6.07 Å². The van der Waals surface area contributed by atoms with Crippen LogP contribution in [0.25, 0.3) is 0 Å². The van der Waals surface area contributed by atoms with Gasteiger partial charge in [0.15, 0.2) is 5.69 Å². The Bertz CT molecular complexity index is 350. The van der Waals surface area contributed by atoms with Crippen molar-refractivity contribution in [1.29, 1.82) is 5.26 Å². The lowest BCUT2D eigenvalue weighted by Gasteiger charge is -2.15. The van der Waals surface area contributed by atoms with E-state index >= 15 is 0 Å². The lowest BCUT2D eigenvalue weighted by Crippen LogP contribution is -2.16. The van der Waals surface area contributed by atoms with E-state index in [1.54, 1.807) is 6.20 Å². The molecule has 0 radical (unpaired) electrons. The molecule has 1 aromatic heterocycles. The van der Waals surface area contributed by atoms with Gasteiger partial charge in [-0.05, 0) is 25.7 Å². The van der Waals surface area contributed by atoms with E-state index in [4.69, 9.17) is 5.26 Å². The van der Waals surface area contributed by atoms with Gasteiger partial charge < -0.3 is 5.32 Å². The molecule has 0 saturated heterocycles. The molecule has 86 valence electrons. The molecule has 4 nitrogen and oxygen atoms in total. The standard InChI is InChI=1S/C12H18N4/c1-9(2)4-5-10(3)16-12-8-14-11(6-13)7-15-12/h7-10H,4-5H2,1-3H3,(H,15,16). The Morgan fingerprint density at radius 2 is 2.00 bits per heavy atom. The maximum Gasteiger partial charge on any atom is 0.158 e. The topological polar surface area (TPSA) is 61.6 Å². The van der Waals surface area contributed by atoms with Crippen LogP contribution in [0, 0.1) is 17.2 Å². The number of aromatic nitrogens is 2. The van der Waals surface area contributed by atoms with Crippen molar-refractivity contribution in [1.82, 2.24) is 9.97 Å². The summed E-state index contributed by atoms with van der Waals surface area (Å²) >= 11 is 0. The molecule has 1 rings (SSSR count). The second-order valence-electron chi connectivity index (χ2n) is 4.42. The Kier molecular flexibility index (Phi) is 4.71. The number of hydrogen-bond donors (Lipinski definition) is 1. The molecule has 0 bridgehead atoms. The first-order valence-electron chi connectivity index (χ1n) is 5.60. The van der Waals surface area contributed by atoms with Crippen LogP contribution in [0.4, 0.5) is 5.82 Å². The number of nitrogens with one attached hydrogen (secondary N) is 1. The SMILES string of the molecule is CC(C)CCC(C)Nc1cnc(C#N)cn1. The minimum absolute atomic E-state index is 0.348. The normalized spacial score (nSPS) is 12.2. The van der Waals surface area contributed by atoms with E-state index in [1.165, 1.54) is 12.6 Å². The number of nitriles is 1. The molecule has 1 atom stereocenters. The molecule has 0 fully saturated rings. The molecule has 0 aliphatic rings. The lowest BCUT2D eigenvalue weighted by atomic mass is 10.0. The molecule has 0 aliphatic carbocycles. The van der Waals surface area contributed by atoms with Gasteiger partial charge in [0, 0.05) is 6.04 Å². The Morgan fingerprint density at radius 3 is 2.50 bits per heavy atom. The van der Waals surface area contributed by atoms with Gasteiger partial charge in [-0.1, -0.05) is 13.8 Å². The van der Waals surface area contributed by atoms with Crippen molar-refractivity contribution in [2.45, 2.75) is 39.7 Å². The Morgan fingerprint density at radius 1 is 1.25 bits per heavy atom. The predicted octanol–water partition coefficient (Wildman–Crippen LogP) is 2.58. The summed E-state index contributed by atoms with van der Waals surface area (Å²) in [5.41, 5.74) is 0.348. The second-order valence-corrected chi connectivity index (χ2v) is 4.42. The van der Waals surface area contributed by atoms with E-state index in [-0.39, 0.29) is 0 Å². The average molecular weight is 218 g/mol. The summed E-state index contributed by atoms with van der Waals surface area (Å²) in [6, 6.07) is 2.33. The van der Waals surface area contributed by atoms with E-state index in [9.17, 15) is 0 Å². The Hall–Kier alpha value is -1.63. The van der Waals surface area contributed by atoms with Gasteiger partial charge in [-0.3, -0.25) is 0 Å². The largest absolute Gasteiger partial charge is 0.366 e. The third-order valence-corrected chi connectivity index (χ3v) is 2.34. The van der Waals surface area contributed by atoms with Crippen LogP contribution in [0.5, 0.6) is 0 Å². The van der Waals surface area contributed by atoms with Gasteiger partial charge in [0.1, 0.15) is 11.9 Å². The summed E-state index contributed by atoms with van der Waals surface area (Å²) in [4.78, 5) is 8.08. The highest BCUT2D eigenvalue weighted by Crippen LogP contribution is 2.10. The zero-order valence-electron chi connectivity index (χ0n) is 10.1. The number of rotatable bonds is 5. The first-order valence-corrected chi connectivity index (χ1v) is 5.60. The maximum absolute atomic E-state index is 8.58. The highest BCUT2D eigenvalue weighted by molar-refractivity contribution is 5.33. The van der Waals surface area contributed by atoms with Gasteiger partial charge in [-0.25, -0.2) is 9.97 Å². The molecule has 1 heterocycles. The molecule has 0 amide bonds. The van der Waals surface area contributed by atoms with Gasteiger partial charge in [0.2, 0.25) is 0 Å². The van der Waals surface area contributed by atoms with Crippen molar-refractivity contribution in [2.24, 2.45) is 5.92 Å². The van der Waals surface area contributed by atoms with Crippen molar-refractivity contribution in [3.63, 3.8) is 0 Å².